The SMILES string of the molecule is CCn1ncc(NC(=O)/C=C/c2ccccc2Cl)c1C. The first-order valence-corrected chi connectivity index (χ1v) is 6.75. The fraction of sp³-hybridized carbons (Fsp3) is 0.200. The van der Waals surface area contributed by atoms with Crippen molar-refractivity contribution in [3.63, 3.8) is 0 Å². The van der Waals surface area contributed by atoms with Gasteiger partial charge in [-0.15, -0.1) is 0 Å². The Bertz CT molecular complexity index is 646. The number of carbonyl (C=O) groups excluding carboxylic acids is 1. The number of rotatable bonds is 4. The van der Waals surface area contributed by atoms with E-state index in [4.69, 9.17) is 11.6 Å². The smallest absolute Gasteiger partial charge is 0.248 e. The van der Waals surface area contributed by atoms with E-state index in [0.29, 0.717) is 5.02 Å². The summed E-state index contributed by atoms with van der Waals surface area (Å²) in [5, 5.41) is 7.60. The number of hydrogen-bond donors (Lipinski definition) is 1. The van der Waals surface area contributed by atoms with Crippen LogP contribution in [0.3, 0.4) is 0 Å². The Hall–Kier alpha value is -2.07. The molecule has 5 heteroatoms. The molecule has 0 aliphatic carbocycles. The van der Waals surface area contributed by atoms with E-state index in [2.05, 4.69) is 10.4 Å². The molecule has 0 saturated carbocycles. The fourth-order valence-electron chi connectivity index (χ4n) is 1.84. The van der Waals surface area contributed by atoms with Gasteiger partial charge in [0.25, 0.3) is 0 Å². The van der Waals surface area contributed by atoms with E-state index in [1.54, 1.807) is 18.3 Å². The molecule has 1 amide bonds. The first kappa shape index (κ1) is 14.3. The molecule has 0 bridgehead atoms. The van der Waals surface area contributed by atoms with E-state index in [1.807, 2.05) is 36.7 Å². The summed E-state index contributed by atoms with van der Waals surface area (Å²) in [5.41, 5.74) is 2.47. The van der Waals surface area contributed by atoms with E-state index >= 15 is 0 Å². The van der Waals surface area contributed by atoms with Gasteiger partial charge >= 0.3 is 0 Å². The second kappa shape index (κ2) is 6.39. The number of hydrogen-bond acceptors (Lipinski definition) is 2. The van der Waals surface area contributed by atoms with Crippen LogP contribution in [0.15, 0.2) is 36.5 Å². The maximum atomic E-state index is 11.9. The van der Waals surface area contributed by atoms with Gasteiger partial charge in [0.05, 0.1) is 17.6 Å². The third-order valence-electron chi connectivity index (χ3n) is 2.98. The van der Waals surface area contributed by atoms with Crippen molar-refractivity contribution < 1.29 is 4.79 Å². The van der Waals surface area contributed by atoms with Crippen molar-refractivity contribution in [1.82, 2.24) is 9.78 Å². The number of aromatic nitrogens is 2. The standard InChI is InChI=1S/C15H16ClN3O/c1-3-19-11(2)14(10-17-19)18-15(20)9-8-12-6-4-5-7-13(12)16/h4-10H,3H2,1-2H3,(H,18,20)/b9-8+. The molecule has 104 valence electrons. The lowest BCUT2D eigenvalue weighted by Crippen LogP contribution is -2.09. The van der Waals surface area contributed by atoms with Crippen LogP contribution in [0.5, 0.6) is 0 Å². The first-order chi connectivity index (χ1) is 9.61. The molecule has 1 N–H and O–H groups in total. The van der Waals surface area contributed by atoms with Crippen LogP contribution in [0.1, 0.15) is 18.2 Å². The predicted octanol–water partition coefficient (Wildman–Crippen LogP) is 3.52. The van der Waals surface area contributed by atoms with Crippen LogP contribution in [-0.4, -0.2) is 15.7 Å². The maximum Gasteiger partial charge on any atom is 0.248 e. The Kier molecular flexibility index (Phi) is 4.58. The maximum absolute atomic E-state index is 11.9. The summed E-state index contributed by atoms with van der Waals surface area (Å²) in [6.45, 7) is 4.70. The molecule has 0 aliphatic heterocycles. The quantitative estimate of drug-likeness (QED) is 0.876. The molecule has 4 nitrogen and oxygen atoms in total. The van der Waals surface area contributed by atoms with Crippen LogP contribution >= 0.6 is 11.6 Å². The fourth-order valence-corrected chi connectivity index (χ4v) is 2.04. The number of carbonyl (C=O) groups is 1. The Morgan fingerprint density at radius 1 is 1.45 bits per heavy atom. The molecular weight excluding hydrogens is 274 g/mol. The van der Waals surface area contributed by atoms with Gasteiger partial charge in [-0.2, -0.15) is 5.10 Å². The minimum Gasteiger partial charge on any atom is -0.320 e. The van der Waals surface area contributed by atoms with Crippen LogP contribution in [0.2, 0.25) is 5.02 Å². The topological polar surface area (TPSA) is 46.9 Å². The second-order valence-electron chi connectivity index (χ2n) is 4.30. The number of amides is 1. The molecule has 2 rings (SSSR count). The van der Waals surface area contributed by atoms with Gasteiger partial charge in [0, 0.05) is 17.6 Å². The lowest BCUT2D eigenvalue weighted by molar-refractivity contribution is -0.111. The molecule has 0 fully saturated rings. The van der Waals surface area contributed by atoms with Crippen molar-refractivity contribution in [2.24, 2.45) is 0 Å². The lowest BCUT2D eigenvalue weighted by atomic mass is 10.2. The van der Waals surface area contributed by atoms with Crippen LogP contribution in [-0.2, 0) is 11.3 Å². The molecule has 1 aromatic heterocycles. The average molecular weight is 290 g/mol. The zero-order chi connectivity index (χ0) is 14.5. The molecule has 2 aromatic rings. The Balaban J connectivity index is 2.06. The normalized spacial score (nSPS) is 10.9. The molecule has 1 aromatic carbocycles. The van der Waals surface area contributed by atoms with Crippen LogP contribution < -0.4 is 5.32 Å². The van der Waals surface area contributed by atoms with Gasteiger partial charge in [-0.3, -0.25) is 9.48 Å². The summed E-state index contributed by atoms with van der Waals surface area (Å²) in [7, 11) is 0. The highest BCUT2D eigenvalue weighted by Crippen LogP contribution is 2.17. The highest BCUT2D eigenvalue weighted by atomic mass is 35.5. The molecular formula is C15H16ClN3O. The van der Waals surface area contributed by atoms with Gasteiger partial charge in [0.15, 0.2) is 0 Å². The molecule has 0 spiro atoms. The summed E-state index contributed by atoms with van der Waals surface area (Å²) >= 11 is 6.02. The summed E-state index contributed by atoms with van der Waals surface area (Å²) in [6.07, 6.45) is 4.81. The summed E-state index contributed by atoms with van der Waals surface area (Å²) < 4.78 is 1.83. The number of nitrogens with zero attached hydrogens (tertiary/aromatic N) is 2. The number of anilines is 1. The van der Waals surface area contributed by atoms with Crippen LogP contribution in [0.25, 0.3) is 6.08 Å². The van der Waals surface area contributed by atoms with E-state index in [9.17, 15) is 4.79 Å². The molecule has 0 saturated heterocycles. The van der Waals surface area contributed by atoms with Gasteiger partial charge in [0.1, 0.15) is 0 Å². The Labute approximate surface area is 123 Å². The molecule has 0 atom stereocenters. The third kappa shape index (κ3) is 3.27. The molecule has 1 heterocycles. The largest absolute Gasteiger partial charge is 0.320 e. The van der Waals surface area contributed by atoms with Gasteiger partial charge in [-0.25, -0.2) is 0 Å². The molecule has 0 radical (unpaired) electrons. The van der Waals surface area contributed by atoms with E-state index < -0.39 is 0 Å². The number of nitrogens with one attached hydrogen (secondary N) is 1. The van der Waals surface area contributed by atoms with Crippen molar-refractivity contribution in [3.8, 4) is 0 Å². The molecule has 0 aliphatic rings. The van der Waals surface area contributed by atoms with Crippen molar-refractivity contribution in [3.05, 3.63) is 52.8 Å². The van der Waals surface area contributed by atoms with Crippen molar-refractivity contribution in [2.45, 2.75) is 20.4 Å². The monoisotopic (exact) mass is 289 g/mol. The minimum absolute atomic E-state index is 0.205. The van der Waals surface area contributed by atoms with E-state index in [1.165, 1.54) is 6.08 Å². The number of benzene rings is 1. The Morgan fingerprint density at radius 2 is 2.20 bits per heavy atom. The van der Waals surface area contributed by atoms with Gasteiger partial charge < -0.3 is 5.32 Å². The average Bonchev–Trinajstić information content (AvgIpc) is 2.79. The van der Waals surface area contributed by atoms with Crippen molar-refractivity contribution >= 4 is 29.3 Å². The molecule has 0 unspecified atom stereocenters. The van der Waals surface area contributed by atoms with E-state index in [-0.39, 0.29) is 5.91 Å². The predicted molar refractivity (Wildman–Crippen MR) is 81.8 cm³/mol. The highest BCUT2D eigenvalue weighted by Gasteiger charge is 2.06. The minimum atomic E-state index is -0.205. The van der Waals surface area contributed by atoms with Gasteiger partial charge in [-0.05, 0) is 31.6 Å². The number of aryl methyl sites for hydroxylation is 1. The van der Waals surface area contributed by atoms with E-state index in [0.717, 1.165) is 23.5 Å². The van der Waals surface area contributed by atoms with Gasteiger partial charge in [0.2, 0.25) is 5.91 Å². The second-order valence-corrected chi connectivity index (χ2v) is 4.71. The zero-order valence-corrected chi connectivity index (χ0v) is 12.2. The first-order valence-electron chi connectivity index (χ1n) is 6.37. The summed E-state index contributed by atoms with van der Waals surface area (Å²) in [4.78, 5) is 11.9. The van der Waals surface area contributed by atoms with Gasteiger partial charge in [-0.1, -0.05) is 29.8 Å². The highest BCUT2D eigenvalue weighted by molar-refractivity contribution is 6.32. The van der Waals surface area contributed by atoms with Crippen molar-refractivity contribution in [1.29, 1.82) is 0 Å². The van der Waals surface area contributed by atoms with Crippen molar-refractivity contribution in [2.75, 3.05) is 5.32 Å². The summed E-state index contributed by atoms with van der Waals surface area (Å²) in [6, 6.07) is 7.36. The van der Waals surface area contributed by atoms with Crippen LogP contribution in [0, 0.1) is 6.92 Å². The zero-order valence-electron chi connectivity index (χ0n) is 11.4. The van der Waals surface area contributed by atoms with Crippen LogP contribution in [0.4, 0.5) is 5.69 Å². The molecule has 20 heavy (non-hydrogen) atoms. The third-order valence-corrected chi connectivity index (χ3v) is 3.32. The summed E-state index contributed by atoms with van der Waals surface area (Å²) in [5.74, 6) is -0.205. The lowest BCUT2D eigenvalue weighted by Gasteiger charge is -2.02. The number of halogens is 1. The Morgan fingerprint density at radius 3 is 2.85 bits per heavy atom.